The highest BCUT2D eigenvalue weighted by Crippen LogP contribution is 2.15. The summed E-state index contributed by atoms with van der Waals surface area (Å²) in [6.45, 7) is 8.78. The zero-order valence-electron chi connectivity index (χ0n) is 20.6. The van der Waals surface area contributed by atoms with Crippen LogP contribution in [0.2, 0.25) is 0 Å². The summed E-state index contributed by atoms with van der Waals surface area (Å²) in [6, 6.07) is 8.98. The van der Waals surface area contributed by atoms with Crippen LogP contribution in [0.3, 0.4) is 0 Å². The highest BCUT2D eigenvalue weighted by atomic mass is 16.5. The molecule has 3 rings (SSSR count). The summed E-state index contributed by atoms with van der Waals surface area (Å²) in [7, 11) is 3.41. The van der Waals surface area contributed by atoms with Crippen LogP contribution >= 0.6 is 0 Å². The molecule has 1 amide bonds. The van der Waals surface area contributed by atoms with Crippen LogP contribution in [0.5, 0.6) is 0 Å². The summed E-state index contributed by atoms with van der Waals surface area (Å²) >= 11 is 0. The number of hydrogen-bond donors (Lipinski definition) is 3. The minimum absolute atomic E-state index is 0.0171. The first-order valence-electron chi connectivity index (χ1n) is 11.4. The lowest BCUT2D eigenvalue weighted by Crippen LogP contribution is -2.34. The number of methoxy groups -OCH3 is 1. The van der Waals surface area contributed by atoms with Gasteiger partial charge in [-0.2, -0.15) is 0 Å². The molecule has 0 aromatic carbocycles. The van der Waals surface area contributed by atoms with Crippen molar-refractivity contribution >= 4 is 11.7 Å². The van der Waals surface area contributed by atoms with E-state index in [0.29, 0.717) is 30.0 Å². The van der Waals surface area contributed by atoms with Crippen molar-refractivity contribution in [1.82, 2.24) is 15.0 Å². The molecule has 4 N–H and O–H groups in total. The van der Waals surface area contributed by atoms with Gasteiger partial charge in [-0.05, 0) is 36.3 Å². The number of anilines is 1. The van der Waals surface area contributed by atoms with Gasteiger partial charge in [0, 0.05) is 32.5 Å². The number of nitrogens with two attached hydrogens (primary N) is 1. The molecule has 0 spiro atoms. The predicted molar refractivity (Wildman–Crippen MR) is 135 cm³/mol. The molecule has 0 fully saturated rings. The van der Waals surface area contributed by atoms with Gasteiger partial charge in [0.25, 0.3) is 5.91 Å². The van der Waals surface area contributed by atoms with Crippen molar-refractivity contribution in [2.24, 2.45) is 4.99 Å². The normalized spacial score (nSPS) is 14.8. The largest absolute Gasteiger partial charge is 0.384 e. The standard InChI is InChI=1S/C21H26N6O2.2C2H6/c1-23-27-19(22)11-16(12-20(27)25-14-17-8-5-6-10-24-17)21(28)26-13-15-7-3-4-9-18(15)29-2;2*1-2/h3-8,10-12,18,23H,9,13-14,22H2,1-2H3,(H,26,28);2*1-2H3. The molecule has 8 nitrogen and oxygen atoms in total. The molecule has 0 radical (unpaired) electrons. The van der Waals surface area contributed by atoms with Crippen LogP contribution in [0.4, 0.5) is 5.82 Å². The Morgan fingerprint density at radius 1 is 1.27 bits per heavy atom. The van der Waals surface area contributed by atoms with E-state index >= 15 is 0 Å². The Labute approximate surface area is 197 Å². The molecule has 1 aliphatic carbocycles. The first kappa shape index (κ1) is 27.6. The van der Waals surface area contributed by atoms with Crippen LogP contribution < -0.4 is 22.0 Å². The lowest BCUT2D eigenvalue weighted by atomic mass is 10.0. The molecule has 2 heterocycles. The SMILES string of the molecule is CC.CC.CNn1c(N)cc(C(=O)NCC2=CC=CCC2OC)cc1=NCc1ccccn1. The molecule has 1 aliphatic rings. The third-order valence-electron chi connectivity index (χ3n) is 4.64. The van der Waals surface area contributed by atoms with Gasteiger partial charge in [0.1, 0.15) is 11.3 Å². The Balaban J connectivity index is 0.00000129. The number of pyridine rings is 2. The van der Waals surface area contributed by atoms with Crippen molar-refractivity contribution in [2.45, 2.75) is 46.8 Å². The van der Waals surface area contributed by atoms with Crippen LogP contribution in [-0.2, 0) is 11.3 Å². The first-order chi connectivity index (χ1) is 16.1. The zero-order chi connectivity index (χ0) is 24.6. The average molecular weight is 455 g/mol. The van der Waals surface area contributed by atoms with Crippen molar-refractivity contribution in [3.8, 4) is 0 Å². The van der Waals surface area contributed by atoms with Crippen LogP contribution in [0.15, 0.2) is 65.3 Å². The fraction of sp³-hybridized carbons (Fsp3) is 0.400. The van der Waals surface area contributed by atoms with E-state index in [1.54, 1.807) is 37.2 Å². The maximum Gasteiger partial charge on any atom is 0.251 e. The third kappa shape index (κ3) is 8.23. The van der Waals surface area contributed by atoms with Crippen molar-refractivity contribution in [1.29, 1.82) is 0 Å². The Kier molecular flexibility index (Phi) is 12.9. The molecule has 8 heteroatoms. The van der Waals surface area contributed by atoms with Gasteiger partial charge >= 0.3 is 0 Å². The average Bonchev–Trinajstić information content (AvgIpc) is 2.88. The number of amides is 1. The highest BCUT2D eigenvalue weighted by Gasteiger charge is 2.16. The number of nitrogens with zero attached hydrogens (tertiary/aromatic N) is 3. The quantitative estimate of drug-likeness (QED) is 0.594. The van der Waals surface area contributed by atoms with Gasteiger partial charge < -0.3 is 21.2 Å². The van der Waals surface area contributed by atoms with E-state index in [1.165, 1.54) is 0 Å². The van der Waals surface area contributed by atoms with E-state index in [0.717, 1.165) is 17.7 Å². The van der Waals surface area contributed by atoms with Gasteiger partial charge in [-0.15, -0.1) is 0 Å². The number of rotatable bonds is 7. The summed E-state index contributed by atoms with van der Waals surface area (Å²) < 4.78 is 7.08. The van der Waals surface area contributed by atoms with Crippen LogP contribution in [0.25, 0.3) is 0 Å². The van der Waals surface area contributed by atoms with Gasteiger partial charge in [0.05, 0.1) is 18.3 Å². The van der Waals surface area contributed by atoms with Crippen molar-refractivity contribution in [2.75, 3.05) is 31.9 Å². The van der Waals surface area contributed by atoms with E-state index in [9.17, 15) is 4.79 Å². The second-order valence-corrected chi connectivity index (χ2v) is 6.54. The van der Waals surface area contributed by atoms with Crippen molar-refractivity contribution < 1.29 is 9.53 Å². The summed E-state index contributed by atoms with van der Waals surface area (Å²) in [5, 5.41) is 2.94. The highest BCUT2D eigenvalue weighted by molar-refractivity contribution is 5.94. The minimum atomic E-state index is -0.223. The lowest BCUT2D eigenvalue weighted by molar-refractivity contribution is 0.0947. The van der Waals surface area contributed by atoms with Crippen LogP contribution in [0.1, 0.15) is 50.2 Å². The van der Waals surface area contributed by atoms with Gasteiger partial charge in [0.2, 0.25) is 0 Å². The molecule has 1 atom stereocenters. The molecule has 0 saturated heterocycles. The summed E-state index contributed by atoms with van der Waals surface area (Å²) in [4.78, 5) is 21.6. The molecular weight excluding hydrogens is 416 g/mol. The predicted octanol–water partition coefficient (Wildman–Crippen LogP) is 3.42. The molecule has 33 heavy (non-hydrogen) atoms. The van der Waals surface area contributed by atoms with Gasteiger partial charge in [0.15, 0.2) is 0 Å². The van der Waals surface area contributed by atoms with E-state index in [1.807, 2.05) is 64.1 Å². The number of nitrogens with one attached hydrogen (secondary N) is 2. The number of nitrogen functional groups attached to an aromatic ring is 1. The fourth-order valence-electron chi connectivity index (χ4n) is 3.10. The van der Waals surface area contributed by atoms with Crippen molar-refractivity contribution in [3.63, 3.8) is 0 Å². The summed E-state index contributed by atoms with van der Waals surface area (Å²) in [6.07, 6.45) is 8.49. The number of hydrogen-bond acceptors (Lipinski definition) is 6. The molecule has 0 bridgehead atoms. The van der Waals surface area contributed by atoms with Crippen LogP contribution in [-0.4, -0.2) is 42.4 Å². The summed E-state index contributed by atoms with van der Waals surface area (Å²) in [5.41, 5.74) is 11.9. The van der Waals surface area contributed by atoms with E-state index in [-0.39, 0.29) is 12.0 Å². The monoisotopic (exact) mass is 454 g/mol. The van der Waals surface area contributed by atoms with Gasteiger partial charge in [-0.1, -0.05) is 52.0 Å². The number of carbonyl (C=O) groups is 1. The first-order valence-corrected chi connectivity index (χ1v) is 11.4. The van der Waals surface area contributed by atoms with Gasteiger partial charge in [-0.25, -0.2) is 4.68 Å². The second-order valence-electron chi connectivity index (χ2n) is 6.54. The lowest BCUT2D eigenvalue weighted by Gasteiger charge is -2.20. The van der Waals surface area contributed by atoms with Crippen molar-refractivity contribution in [3.05, 3.63) is 77.1 Å². The molecule has 1 unspecified atom stereocenters. The minimum Gasteiger partial charge on any atom is -0.384 e. The Hall–Kier alpha value is -3.39. The summed E-state index contributed by atoms with van der Waals surface area (Å²) in [5.74, 6) is 0.161. The maximum absolute atomic E-state index is 12.7. The number of allylic oxidation sites excluding steroid dienone is 2. The maximum atomic E-state index is 12.7. The third-order valence-corrected chi connectivity index (χ3v) is 4.64. The van der Waals surface area contributed by atoms with Crippen LogP contribution in [0, 0.1) is 0 Å². The molecule has 0 saturated carbocycles. The number of aromatic nitrogens is 2. The molecule has 2 aromatic rings. The Morgan fingerprint density at radius 3 is 2.67 bits per heavy atom. The molecule has 0 aliphatic heterocycles. The molecule has 2 aromatic heterocycles. The van der Waals surface area contributed by atoms with E-state index < -0.39 is 0 Å². The van der Waals surface area contributed by atoms with Gasteiger partial charge in [-0.3, -0.25) is 14.8 Å². The smallest absolute Gasteiger partial charge is 0.251 e. The second kappa shape index (κ2) is 15.4. The topological polar surface area (TPSA) is 107 Å². The number of carbonyl (C=O) groups excluding carboxylic acids is 1. The van der Waals surface area contributed by atoms with E-state index in [4.69, 9.17) is 10.5 Å². The number of ether oxygens (including phenoxy) is 1. The fourth-order valence-corrected chi connectivity index (χ4v) is 3.10. The molecule has 180 valence electrons. The Morgan fingerprint density at radius 2 is 2.03 bits per heavy atom. The van der Waals surface area contributed by atoms with E-state index in [2.05, 4.69) is 20.7 Å². The zero-order valence-corrected chi connectivity index (χ0v) is 20.6. The molecular formula is C25H38N6O2. The Bertz CT molecular complexity index is 980.